The monoisotopic (exact) mass is 237 g/mol. The first-order chi connectivity index (χ1) is 7.88. The van der Waals surface area contributed by atoms with Gasteiger partial charge < -0.3 is 10.1 Å². The van der Waals surface area contributed by atoms with E-state index in [9.17, 15) is 0 Å². The van der Waals surface area contributed by atoms with E-state index in [-0.39, 0.29) is 0 Å². The molecule has 0 aliphatic carbocycles. The van der Waals surface area contributed by atoms with Crippen LogP contribution in [0, 0.1) is 5.92 Å². The van der Waals surface area contributed by atoms with Gasteiger partial charge in [0, 0.05) is 23.7 Å². The molecule has 88 valence electrons. The largest absolute Gasteiger partial charge is 0.385 e. The molecule has 0 aromatic heterocycles. The number of hydrogen-bond donors (Lipinski definition) is 1. The van der Waals surface area contributed by atoms with Crippen LogP contribution in [0.1, 0.15) is 12.8 Å². The molecule has 2 nitrogen and oxygen atoms in total. The summed E-state index contributed by atoms with van der Waals surface area (Å²) in [7, 11) is 0. The van der Waals surface area contributed by atoms with E-state index >= 15 is 0 Å². The molecule has 3 heteroatoms. The lowest BCUT2D eigenvalue weighted by atomic mass is 10.0. The summed E-state index contributed by atoms with van der Waals surface area (Å²) in [5.41, 5.74) is 1.22. The van der Waals surface area contributed by atoms with Crippen molar-refractivity contribution < 1.29 is 4.74 Å². The maximum absolute atomic E-state index is 5.47. The fraction of sp³-hybridized carbons (Fsp3) is 0.538. The van der Waals surface area contributed by atoms with Crippen molar-refractivity contribution in [3.05, 3.63) is 24.3 Å². The van der Waals surface area contributed by atoms with Gasteiger partial charge in [-0.3, -0.25) is 0 Å². The molecule has 0 saturated carbocycles. The van der Waals surface area contributed by atoms with Gasteiger partial charge in [0.2, 0.25) is 0 Å². The summed E-state index contributed by atoms with van der Waals surface area (Å²) in [5, 5.41) is 3.50. The minimum atomic E-state index is 0.673. The van der Waals surface area contributed by atoms with Gasteiger partial charge >= 0.3 is 0 Å². The number of benzene rings is 1. The summed E-state index contributed by atoms with van der Waals surface area (Å²) in [6.07, 6.45) is 4.60. The highest BCUT2D eigenvalue weighted by Gasteiger charge is 2.13. The zero-order chi connectivity index (χ0) is 11.2. The van der Waals surface area contributed by atoms with Crippen molar-refractivity contribution in [2.24, 2.45) is 5.92 Å². The lowest BCUT2D eigenvalue weighted by molar-refractivity contribution is 0.0595. The molecule has 1 N–H and O–H groups in total. The van der Waals surface area contributed by atoms with Gasteiger partial charge in [-0.05, 0) is 43.2 Å². The van der Waals surface area contributed by atoms with Crippen LogP contribution in [-0.2, 0) is 4.74 Å². The number of nitrogens with one attached hydrogen (secondary N) is 1. The number of rotatable bonds is 4. The molecule has 0 spiro atoms. The van der Waals surface area contributed by atoms with Crippen LogP contribution >= 0.6 is 11.8 Å². The van der Waals surface area contributed by atoms with E-state index in [0.29, 0.717) is 5.92 Å². The third-order valence-corrected chi connectivity index (χ3v) is 3.64. The van der Waals surface area contributed by atoms with Crippen molar-refractivity contribution in [2.75, 3.05) is 31.3 Å². The normalized spacial score (nSPS) is 20.7. The lowest BCUT2D eigenvalue weighted by Gasteiger charge is -2.22. The molecule has 16 heavy (non-hydrogen) atoms. The summed E-state index contributed by atoms with van der Waals surface area (Å²) in [6, 6.07) is 8.57. The highest BCUT2D eigenvalue weighted by Crippen LogP contribution is 2.20. The Kier molecular flexibility index (Phi) is 4.55. The van der Waals surface area contributed by atoms with Gasteiger partial charge in [0.05, 0.1) is 6.61 Å². The Hall–Kier alpha value is -0.670. The third kappa shape index (κ3) is 3.42. The molecule has 0 amide bonds. The Balaban J connectivity index is 1.83. The first-order valence-electron chi connectivity index (χ1n) is 5.84. The Bertz CT molecular complexity index is 323. The second-order valence-corrected chi connectivity index (χ2v) is 5.08. The van der Waals surface area contributed by atoms with Crippen LogP contribution in [0.15, 0.2) is 29.2 Å². The molecule has 1 aromatic rings. The molecular weight excluding hydrogens is 218 g/mol. The number of anilines is 1. The summed E-state index contributed by atoms with van der Waals surface area (Å²) >= 11 is 1.78. The van der Waals surface area contributed by atoms with Crippen molar-refractivity contribution in [3.63, 3.8) is 0 Å². The van der Waals surface area contributed by atoms with Gasteiger partial charge in [-0.2, -0.15) is 0 Å². The maximum atomic E-state index is 5.47. The molecule has 1 saturated heterocycles. The topological polar surface area (TPSA) is 21.3 Å². The molecule has 1 heterocycles. The van der Waals surface area contributed by atoms with Gasteiger partial charge in [-0.1, -0.05) is 6.07 Å². The van der Waals surface area contributed by atoms with Gasteiger partial charge in [-0.25, -0.2) is 0 Å². The number of ether oxygens (including phenoxy) is 1. The van der Waals surface area contributed by atoms with Crippen molar-refractivity contribution in [2.45, 2.75) is 17.7 Å². The second kappa shape index (κ2) is 6.16. The number of thioether (sulfide) groups is 1. The maximum Gasteiger partial charge on any atom is 0.0511 e. The van der Waals surface area contributed by atoms with Gasteiger partial charge in [0.25, 0.3) is 0 Å². The molecule has 1 aliphatic heterocycles. The van der Waals surface area contributed by atoms with Crippen LogP contribution in [0.25, 0.3) is 0 Å². The first kappa shape index (κ1) is 11.8. The first-order valence-corrected chi connectivity index (χ1v) is 7.06. The molecule has 1 fully saturated rings. The van der Waals surface area contributed by atoms with E-state index in [1.54, 1.807) is 11.8 Å². The molecule has 1 aromatic carbocycles. The zero-order valence-corrected chi connectivity index (χ0v) is 10.6. The van der Waals surface area contributed by atoms with Crippen molar-refractivity contribution in [1.82, 2.24) is 0 Å². The molecule has 0 radical (unpaired) electrons. The molecular formula is C13H19NOS. The SMILES string of the molecule is CSc1cccc(NCC2CCCOC2)c1. The molecule has 1 atom stereocenters. The van der Waals surface area contributed by atoms with Crippen LogP contribution in [0.3, 0.4) is 0 Å². The Labute approximate surface area is 102 Å². The van der Waals surface area contributed by atoms with Crippen LogP contribution in [0.2, 0.25) is 0 Å². The fourth-order valence-corrected chi connectivity index (χ4v) is 2.42. The Morgan fingerprint density at radius 2 is 2.44 bits per heavy atom. The van der Waals surface area contributed by atoms with E-state index < -0.39 is 0 Å². The summed E-state index contributed by atoms with van der Waals surface area (Å²) in [6.45, 7) is 2.88. The minimum Gasteiger partial charge on any atom is -0.385 e. The lowest BCUT2D eigenvalue weighted by Crippen LogP contribution is -2.24. The molecule has 2 rings (SSSR count). The highest BCUT2D eigenvalue weighted by molar-refractivity contribution is 7.98. The van der Waals surface area contributed by atoms with Crippen LogP contribution < -0.4 is 5.32 Å². The van der Waals surface area contributed by atoms with E-state index in [4.69, 9.17) is 4.74 Å². The van der Waals surface area contributed by atoms with Crippen LogP contribution in [0.4, 0.5) is 5.69 Å². The van der Waals surface area contributed by atoms with Gasteiger partial charge in [0.15, 0.2) is 0 Å². The van der Waals surface area contributed by atoms with E-state index in [2.05, 4.69) is 35.8 Å². The molecule has 1 aliphatic rings. The predicted molar refractivity (Wildman–Crippen MR) is 70.3 cm³/mol. The fourth-order valence-electron chi connectivity index (χ4n) is 1.96. The third-order valence-electron chi connectivity index (χ3n) is 2.92. The van der Waals surface area contributed by atoms with Gasteiger partial charge in [0.1, 0.15) is 0 Å². The number of hydrogen-bond acceptors (Lipinski definition) is 3. The summed E-state index contributed by atoms with van der Waals surface area (Å²) in [4.78, 5) is 1.31. The van der Waals surface area contributed by atoms with Gasteiger partial charge in [-0.15, -0.1) is 11.8 Å². The Morgan fingerprint density at radius 1 is 1.50 bits per heavy atom. The quantitative estimate of drug-likeness (QED) is 0.812. The van der Waals surface area contributed by atoms with E-state index in [0.717, 1.165) is 19.8 Å². The van der Waals surface area contributed by atoms with E-state index in [1.165, 1.54) is 23.4 Å². The smallest absolute Gasteiger partial charge is 0.0511 e. The molecule has 1 unspecified atom stereocenters. The van der Waals surface area contributed by atoms with E-state index in [1.807, 2.05) is 0 Å². The highest BCUT2D eigenvalue weighted by atomic mass is 32.2. The summed E-state index contributed by atoms with van der Waals surface area (Å²) in [5.74, 6) is 0.673. The van der Waals surface area contributed by atoms with Crippen molar-refractivity contribution >= 4 is 17.4 Å². The van der Waals surface area contributed by atoms with Crippen LogP contribution in [-0.4, -0.2) is 26.0 Å². The summed E-state index contributed by atoms with van der Waals surface area (Å²) < 4.78 is 5.47. The van der Waals surface area contributed by atoms with Crippen LogP contribution in [0.5, 0.6) is 0 Å². The predicted octanol–water partition coefficient (Wildman–Crippen LogP) is 3.25. The van der Waals surface area contributed by atoms with Crippen molar-refractivity contribution in [1.29, 1.82) is 0 Å². The Morgan fingerprint density at radius 3 is 3.19 bits per heavy atom. The second-order valence-electron chi connectivity index (χ2n) is 4.20. The zero-order valence-electron chi connectivity index (χ0n) is 9.74. The standard InChI is InChI=1S/C13H19NOS/c1-16-13-6-2-5-12(8-13)14-9-11-4-3-7-15-10-11/h2,5-6,8,11,14H,3-4,7,9-10H2,1H3. The molecule has 0 bridgehead atoms. The average molecular weight is 237 g/mol. The van der Waals surface area contributed by atoms with Crippen molar-refractivity contribution in [3.8, 4) is 0 Å². The minimum absolute atomic E-state index is 0.673. The average Bonchev–Trinajstić information content (AvgIpc) is 2.38.